The predicted octanol–water partition coefficient (Wildman–Crippen LogP) is 16.6. The van der Waals surface area contributed by atoms with Gasteiger partial charge < -0.3 is 14.2 Å². The fraction of sp³-hybridized carbons (Fsp3) is 0.727. The molecule has 0 fully saturated rings. The van der Waals surface area contributed by atoms with Crippen molar-refractivity contribution in [2.45, 2.75) is 245 Å². The summed E-state index contributed by atoms with van der Waals surface area (Å²) < 4.78 is 16.7. The van der Waals surface area contributed by atoms with E-state index in [2.05, 4.69) is 87.6 Å². The van der Waals surface area contributed by atoms with Crippen molar-refractivity contribution in [2.24, 2.45) is 0 Å². The van der Waals surface area contributed by atoms with E-state index in [1.807, 2.05) is 6.08 Å². The number of hydrogen-bond donors (Lipinski definition) is 0. The van der Waals surface area contributed by atoms with E-state index in [4.69, 9.17) is 14.2 Å². The summed E-state index contributed by atoms with van der Waals surface area (Å²) in [6.07, 6.45) is 61.9. The maximum atomic E-state index is 12.7. The van der Waals surface area contributed by atoms with Crippen molar-refractivity contribution in [2.75, 3.05) is 13.2 Å². The third-order valence-corrected chi connectivity index (χ3v) is 10.7. The first kappa shape index (κ1) is 57.9. The van der Waals surface area contributed by atoms with Crippen molar-refractivity contribution in [1.82, 2.24) is 0 Å². The molecule has 0 amide bonds. The van der Waals surface area contributed by atoms with Crippen LogP contribution in [0.1, 0.15) is 239 Å². The zero-order chi connectivity index (χ0) is 44.4. The molecule has 0 N–H and O–H groups in total. The zero-order valence-corrected chi connectivity index (χ0v) is 39.9. The number of hydrogen-bond acceptors (Lipinski definition) is 6. The first-order valence-corrected chi connectivity index (χ1v) is 25.4. The van der Waals surface area contributed by atoms with E-state index in [0.717, 1.165) is 83.5 Å². The maximum absolute atomic E-state index is 12.7. The molecule has 0 aliphatic carbocycles. The third kappa shape index (κ3) is 47.7. The molecule has 0 aromatic rings. The Balaban J connectivity index is 4.40. The highest BCUT2D eigenvalue weighted by atomic mass is 16.6. The largest absolute Gasteiger partial charge is 0.462 e. The summed E-state index contributed by atoms with van der Waals surface area (Å²) in [5.41, 5.74) is 0. The van der Waals surface area contributed by atoms with Gasteiger partial charge in [0.05, 0.1) is 0 Å². The number of allylic oxidation sites excluding steroid dienone is 12. The second kappa shape index (κ2) is 49.5. The van der Waals surface area contributed by atoms with Crippen molar-refractivity contribution < 1.29 is 28.6 Å². The Hall–Kier alpha value is -3.15. The van der Waals surface area contributed by atoms with Gasteiger partial charge in [0, 0.05) is 19.3 Å². The number of carbonyl (C=O) groups is 3. The molecule has 0 aromatic heterocycles. The zero-order valence-electron chi connectivity index (χ0n) is 39.9. The summed E-state index contributed by atoms with van der Waals surface area (Å²) in [7, 11) is 0. The highest BCUT2D eigenvalue weighted by Gasteiger charge is 2.19. The SMILES string of the molecule is CC/C=C\C/C=C\C/C=C\CCCCCCCCCCCC(=O)OCC(COC(=O)CCCCCCC/C=C\CCCC)OC(=O)CC/C=C\C/C=C\CCCCCCCC. The Morgan fingerprint density at radius 1 is 0.344 bits per heavy atom. The van der Waals surface area contributed by atoms with Gasteiger partial charge in [0.25, 0.3) is 0 Å². The lowest BCUT2D eigenvalue weighted by Crippen LogP contribution is -2.30. The highest BCUT2D eigenvalue weighted by molar-refractivity contribution is 5.71. The molecule has 1 unspecified atom stereocenters. The van der Waals surface area contributed by atoms with E-state index >= 15 is 0 Å². The molecule has 350 valence electrons. The van der Waals surface area contributed by atoms with Crippen LogP contribution in [0, 0.1) is 0 Å². The average molecular weight is 851 g/mol. The molecule has 0 saturated carbocycles. The van der Waals surface area contributed by atoms with E-state index in [9.17, 15) is 14.4 Å². The Labute approximate surface area is 376 Å². The van der Waals surface area contributed by atoms with Gasteiger partial charge in [-0.1, -0.05) is 203 Å². The quantitative estimate of drug-likeness (QED) is 0.0263. The van der Waals surface area contributed by atoms with Gasteiger partial charge in [-0.05, 0) is 89.9 Å². The molecule has 6 heteroatoms. The van der Waals surface area contributed by atoms with Crippen LogP contribution in [0.4, 0.5) is 0 Å². The van der Waals surface area contributed by atoms with Crippen LogP contribution in [0.2, 0.25) is 0 Å². The van der Waals surface area contributed by atoms with Crippen molar-refractivity contribution in [3.05, 3.63) is 72.9 Å². The van der Waals surface area contributed by atoms with Crippen LogP contribution in [0.15, 0.2) is 72.9 Å². The summed E-state index contributed by atoms with van der Waals surface area (Å²) in [4.78, 5) is 37.9. The van der Waals surface area contributed by atoms with Crippen molar-refractivity contribution in [1.29, 1.82) is 0 Å². The Kier molecular flexibility index (Phi) is 46.9. The molecule has 0 saturated heterocycles. The normalized spacial score (nSPS) is 12.6. The molecule has 6 nitrogen and oxygen atoms in total. The first-order chi connectivity index (χ1) is 30.0. The first-order valence-electron chi connectivity index (χ1n) is 25.4. The lowest BCUT2D eigenvalue weighted by atomic mass is 10.1. The Bertz CT molecular complexity index is 1160. The molecule has 0 aromatic carbocycles. The molecule has 1 atom stereocenters. The average Bonchev–Trinajstić information content (AvgIpc) is 3.26. The molecule has 0 radical (unpaired) electrons. The van der Waals surface area contributed by atoms with Gasteiger partial charge in [-0.25, -0.2) is 0 Å². The van der Waals surface area contributed by atoms with Crippen LogP contribution in [0.3, 0.4) is 0 Å². The molecule has 0 rings (SSSR count). The van der Waals surface area contributed by atoms with Crippen molar-refractivity contribution in [3.63, 3.8) is 0 Å². The van der Waals surface area contributed by atoms with Gasteiger partial charge in [-0.3, -0.25) is 14.4 Å². The van der Waals surface area contributed by atoms with E-state index in [0.29, 0.717) is 19.3 Å². The monoisotopic (exact) mass is 851 g/mol. The number of carbonyl (C=O) groups excluding carboxylic acids is 3. The topological polar surface area (TPSA) is 78.9 Å². The second-order valence-corrected chi connectivity index (χ2v) is 16.7. The van der Waals surface area contributed by atoms with E-state index in [1.165, 1.54) is 109 Å². The maximum Gasteiger partial charge on any atom is 0.306 e. The minimum absolute atomic E-state index is 0.103. The van der Waals surface area contributed by atoms with E-state index < -0.39 is 6.10 Å². The lowest BCUT2D eigenvalue weighted by molar-refractivity contribution is -0.166. The molecule has 61 heavy (non-hydrogen) atoms. The standard InChI is InChI=1S/C55H94O6/c1-4-7-10-13-16-19-22-24-25-26-27-28-29-31-33-36-39-42-45-48-54(57)60-51-52(50-59-53(56)47-44-41-38-35-32-21-18-15-12-9-6-3)61-55(58)49-46-43-40-37-34-30-23-20-17-14-11-8-5-2/h7,10,15-16,18-19,24-25,30,34,40,43,52H,4-6,8-9,11-14,17,20-23,26-29,31-33,35-39,41-42,44-51H2,1-3H3/b10-7-,18-15-,19-16-,25-24-,34-30-,43-40-. The number of rotatable bonds is 45. The van der Waals surface area contributed by atoms with Crippen LogP contribution < -0.4 is 0 Å². The van der Waals surface area contributed by atoms with E-state index in [1.54, 1.807) is 0 Å². The van der Waals surface area contributed by atoms with Gasteiger partial charge >= 0.3 is 17.9 Å². The predicted molar refractivity (Wildman–Crippen MR) is 261 cm³/mol. The second-order valence-electron chi connectivity index (χ2n) is 16.7. The van der Waals surface area contributed by atoms with Crippen molar-refractivity contribution in [3.8, 4) is 0 Å². The van der Waals surface area contributed by atoms with Crippen LogP contribution in [-0.4, -0.2) is 37.2 Å². The van der Waals surface area contributed by atoms with Crippen LogP contribution >= 0.6 is 0 Å². The van der Waals surface area contributed by atoms with Crippen LogP contribution in [0.25, 0.3) is 0 Å². The van der Waals surface area contributed by atoms with Gasteiger partial charge in [0.1, 0.15) is 13.2 Å². The fourth-order valence-electron chi connectivity index (χ4n) is 6.84. The molecule has 0 aliphatic heterocycles. The lowest BCUT2D eigenvalue weighted by Gasteiger charge is -2.18. The number of esters is 3. The molecular formula is C55H94O6. The highest BCUT2D eigenvalue weighted by Crippen LogP contribution is 2.14. The smallest absolute Gasteiger partial charge is 0.306 e. The molecule has 0 spiro atoms. The van der Waals surface area contributed by atoms with Gasteiger partial charge in [-0.2, -0.15) is 0 Å². The summed E-state index contributed by atoms with van der Waals surface area (Å²) in [6, 6.07) is 0. The fourth-order valence-corrected chi connectivity index (χ4v) is 6.84. The third-order valence-electron chi connectivity index (χ3n) is 10.7. The summed E-state index contributed by atoms with van der Waals surface area (Å²) in [5, 5.41) is 0. The molecule has 0 bridgehead atoms. The number of ether oxygens (including phenoxy) is 3. The van der Waals surface area contributed by atoms with Crippen molar-refractivity contribution >= 4 is 17.9 Å². The van der Waals surface area contributed by atoms with Gasteiger partial charge in [0.2, 0.25) is 0 Å². The summed E-state index contributed by atoms with van der Waals surface area (Å²) in [5.74, 6) is -0.987. The minimum Gasteiger partial charge on any atom is -0.462 e. The molecule has 0 aliphatic rings. The Morgan fingerprint density at radius 3 is 1.13 bits per heavy atom. The summed E-state index contributed by atoms with van der Waals surface area (Å²) in [6.45, 7) is 6.42. The van der Waals surface area contributed by atoms with E-state index in [-0.39, 0.29) is 37.5 Å². The van der Waals surface area contributed by atoms with Crippen LogP contribution in [0.5, 0.6) is 0 Å². The van der Waals surface area contributed by atoms with Gasteiger partial charge in [-0.15, -0.1) is 0 Å². The van der Waals surface area contributed by atoms with Crippen LogP contribution in [-0.2, 0) is 28.6 Å². The van der Waals surface area contributed by atoms with Gasteiger partial charge in [0.15, 0.2) is 6.10 Å². The summed E-state index contributed by atoms with van der Waals surface area (Å²) >= 11 is 0. The molecular weight excluding hydrogens is 757 g/mol. The molecule has 0 heterocycles. The minimum atomic E-state index is -0.809. The Morgan fingerprint density at radius 2 is 0.689 bits per heavy atom. The number of unbranched alkanes of at least 4 members (excludes halogenated alkanes) is 22.